The molecule has 0 bridgehead atoms. The molecule has 0 amide bonds. The second kappa shape index (κ2) is 3.32. The highest BCUT2D eigenvalue weighted by Crippen LogP contribution is 2.16. The van der Waals surface area contributed by atoms with Crippen LogP contribution in [0.2, 0.25) is 0 Å². The van der Waals surface area contributed by atoms with Crippen LogP contribution in [0.25, 0.3) is 0 Å². The van der Waals surface area contributed by atoms with Gasteiger partial charge in [0, 0.05) is 18.6 Å². The quantitative estimate of drug-likeness (QED) is 0.562. The lowest BCUT2D eigenvalue weighted by Gasteiger charge is -2.19. The summed E-state index contributed by atoms with van der Waals surface area (Å²) in [5.41, 5.74) is 5.69. The zero-order valence-electron chi connectivity index (χ0n) is 6.29. The molecule has 0 aromatic carbocycles. The molecule has 3 nitrogen and oxygen atoms in total. The highest BCUT2D eigenvalue weighted by molar-refractivity contribution is 4.79. The third kappa shape index (κ3) is 1.68. The third-order valence-electron chi connectivity index (χ3n) is 2.07. The minimum Gasteiger partial charge on any atom is -0.392 e. The van der Waals surface area contributed by atoms with Crippen molar-refractivity contribution >= 4 is 0 Å². The minimum atomic E-state index is -0.410. The fourth-order valence-electron chi connectivity index (χ4n) is 1.25. The number of hydrogen-bond donors (Lipinski definition) is 2. The van der Waals surface area contributed by atoms with Gasteiger partial charge in [0.2, 0.25) is 0 Å². The summed E-state index contributed by atoms with van der Waals surface area (Å²) >= 11 is 0. The van der Waals surface area contributed by atoms with Gasteiger partial charge >= 0.3 is 0 Å². The fraction of sp³-hybridized carbons (Fsp3) is 1.00. The Morgan fingerprint density at radius 3 is 2.80 bits per heavy atom. The molecular weight excluding hydrogens is 130 g/mol. The lowest BCUT2D eigenvalue weighted by molar-refractivity contribution is 0.119. The van der Waals surface area contributed by atoms with Crippen molar-refractivity contribution in [3.05, 3.63) is 0 Å². The van der Waals surface area contributed by atoms with Crippen molar-refractivity contribution in [3.63, 3.8) is 0 Å². The molecule has 0 aromatic rings. The molecule has 1 fully saturated rings. The van der Waals surface area contributed by atoms with Gasteiger partial charge in [-0.1, -0.05) is 0 Å². The van der Waals surface area contributed by atoms with Crippen molar-refractivity contribution in [2.75, 3.05) is 13.2 Å². The van der Waals surface area contributed by atoms with E-state index in [4.69, 9.17) is 15.6 Å². The maximum Gasteiger partial charge on any atom is 0.0666 e. The van der Waals surface area contributed by atoms with Gasteiger partial charge in [-0.15, -0.1) is 0 Å². The van der Waals surface area contributed by atoms with Crippen molar-refractivity contribution in [2.45, 2.75) is 25.5 Å². The second-order valence-electron chi connectivity index (χ2n) is 2.94. The van der Waals surface area contributed by atoms with Crippen LogP contribution >= 0.6 is 0 Å². The van der Waals surface area contributed by atoms with Crippen LogP contribution in [0.4, 0.5) is 0 Å². The molecule has 1 saturated heterocycles. The lowest BCUT2D eigenvalue weighted by atomic mass is 9.96. The van der Waals surface area contributed by atoms with E-state index in [1.807, 2.05) is 0 Å². The van der Waals surface area contributed by atoms with Crippen LogP contribution in [-0.4, -0.2) is 30.5 Å². The molecule has 1 rings (SSSR count). The summed E-state index contributed by atoms with van der Waals surface area (Å²) in [7, 11) is 0. The average Bonchev–Trinajstić information content (AvgIpc) is 2.36. The number of aliphatic hydroxyl groups is 1. The Morgan fingerprint density at radius 1 is 1.70 bits per heavy atom. The van der Waals surface area contributed by atoms with Gasteiger partial charge in [0.25, 0.3) is 0 Å². The van der Waals surface area contributed by atoms with Gasteiger partial charge in [0.05, 0.1) is 12.7 Å². The second-order valence-corrected chi connectivity index (χ2v) is 2.94. The third-order valence-corrected chi connectivity index (χ3v) is 2.07. The Hall–Kier alpha value is -0.120. The van der Waals surface area contributed by atoms with Gasteiger partial charge < -0.3 is 15.6 Å². The number of rotatable bonds is 2. The summed E-state index contributed by atoms with van der Waals surface area (Å²) in [5, 5.41) is 9.10. The van der Waals surface area contributed by atoms with E-state index >= 15 is 0 Å². The SMILES string of the molecule is CC(O)C(N)C1CCOC1. The molecule has 3 N–H and O–H groups in total. The first-order valence-corrected chi connectivity index (χ1v) is 3.73. The smallest absolute Gasteiger partial charge is 0.0666 e. The largest absolute Gasteiger partial charge is 0.392 e. The zero-order valence-corrected chi connectivity index (χ0v) is 6.29. The van der Waals surface area contributed by atoms with E-state index in [-0.39, 0.29) is 6.04 Å². The molecule has 3 heteroatoms. The van der Waals surface area contributed by atoms with E-state index in [1.165, 1.54) is 0 Å². The Labute approximate surface area is 61.2 Å². The lowest BCUT2D eigenvalue weighted by Crippen LogP contribution is -2.39. The Bertz CT molecular complexity index is 99.8. The first-order valence-electron chi connectivity index (χ1n) is 3.73. The van der Waals surface area contributed by atoms with Crippen LogP contribution in [-0.2, 0) is 4.74 Å². The predicted molar refractivity (Wildman–Crippen MR) is 38.6 cm³/mol. The van der Waals surface area contributed by atoms with E-state index < -0.39 is 6.10 Å². The van der Waals surface area contributed by atoms with Gasteiger partial charge in [-0.3, -0.25) is 0 Å². The first-order chi connectivity index (χ1) is 4.72. The van der Waals surface area contributed by atoms with Crippen molar-refractivity contribution in [1.82, 2.24) is 0 Å². The molecule has 3 unspecified atom stereocenters. The molecule has 60 valence electrons. The minimum absolute atomic E-state index is 0.109. The number of nitrogens with two attached hydrogens (primary N) is 1. The van der Waals surface area contributed by atoms with Gasteiger partial charge in [-0.25, -0.2) is 0 Å². The molecule has 1 aliphatic heterocycles. The van der Waals surface area contributed by atoms with Crippen LogP contribution in [0, 0.1) is 5.92 Å². The molecule has 0 spiro atoms. The highest BCUT2D eigenvalue weighted by atomic mass is 16.5. The maximum absolute atomic E-state index is 9.10. The van der Waals surface area contributed by atoms with E-state index in [1.54, 1.807) is 6.92 Å². The number of hydrogen-bond acceptors (Lipinski definition) is 3. The molecular formula is C7H15NO2. The van der Waals surface area contributed by atoms with Gasteiger partial charge in [-0.2, -0.15) is 0 Å². The number of aliphatic hydroxyl groups excluding tert-OH is 1. The molecule has 0 aromatic heterocycles. The summed E-state index contributed by atoms with van der Waals surface area (Å²) in [6.45, 7) is 3.24. The molecule has 0 radical (unpaired) electrons. The molecule has 1 heterocycles. The van der Waals surface area contributed by atoms with E-state index in [2.05, 4.69) is 0 Å². The predicted octanol–water partition coefficient (Wildman–Crippen LogP) is -0.269. The first kappa shape index (κ1) is 7.98. The van der Waals surface area contributed by atoms with Crippen molar-refractivity contribution in [3.8, 4) is 0 Å². The zero-order chi connectivity index (χ0) is 7.56. The summed E-state index contributed by atoms with van der Waals surface area (Å²) in [6.07, 6.45) is 0.582. The van der Waals surface area contributed by atoms with Crippen LogP contribution in [0.3, 0.4) is 0 Å². The number of ether oxygens (including phenoxy) is 1. The van der Waals surface area contributed by atoms with Crippen LogP contribution < -0.4 is 5.73 Å². The molecule has 3 atom stereocenters. The van der Waals surface area contributed by atoms with E-state index in [0.717, 1.165) is 13.0 Å². The van der Waals surface area contributed by atoms with Crippen LogP contribution in [0.1, 0.15) is 13.3 Å². The summed E-state index contributed by atoms with van der Waals surface area (Å²) in [5.74, 6) is 0.361. The molecule has 1 aliphatic rings. The van der Waals surface area contributed by atoms with Gasteiger partial charge in [-0.05, 0) is 13.3 Å². The Morgan fingerprint density at radius 2 is 2.40 bits per heavy atom. The highest BCUT2D eigenvalue weighted by Gasteiger charge is 2.25. The van der Waals surface area contributed by atoms with Gasteiger partial charge in [0.1, 0.15) is 0 Å². The molecule has 0 saturated carbocycles. The van der Waals surface area contributed by atoms with Crippen LogP contribution in [0.15, 0.2) is 0 Å². The standard InChI is InChI=1S/C7H15NO2/c1-5(9)7(8)6-2-3-10-4-6/h5-7,9H,2-4,8H2,1H3. The fourth-order valence-corrected chi connectivity index (χ4v) is 1.25. The Kier molecular flexibility index (Phi) is 2.65. The van der Waals surface area contributed by atoms with Crippen molar-refractivity contribution in [2.24, 2.45) is 11.7 Å². The van der Waals surface area contributed by atoms with Crippen molar-refractivity contribution < 1.29 is 9.84 Å². The van der Waals surface area contributed by atoms with Crippen LogP contribution in [0.5, 0.6) is 0 Å². The van der Waals surface area contributed by atoms with E-state index in [9.17, 15) is 0 Å². The van der Waals surface area contributed by atoms with Crippen molar-refractivity contribution in [1.29, 1.82) is 0 Å². The summed E-state index contributed by atoms with van der Waals surface area (Å²) in [6, 6.07) is -0.109. The maximum atomic E-state index is 9.10. The van der Waals surface area contributed by atoms with E-state index in [0.29, 0.717) is 12.5 Å². The summed E-state index contributed by atoms with van der Waals surface area (Å²) < 4.78 is 5.14. The average molecular weight is 145 g/mol. The Balaban J connectivity index is 2.32. The normalized spacial score (nSPS) is 32.1. The summed E-state index contributed by atoms with van der Waals surface area (Å²) in [4.78, 5) is 0. The molecule has 0 aliphatic carbocycles. The molecule has 10 heavy (non-hydrogen) atoms. The monoisotopic (exact) mass is 145 g/mol. The van der Waals surface area contributed by atoms with Gasteiger partial charge in [0.15, 0.2) is 0 Å². The topological polar surface area (TPSA) is 55.5 Å².